The van der Waals surface area contributed by atoms with Crippen molar-refractivity contribution in [1.82, 2.24) is 0 Å². The molecule has 0 unspecified atom stereocenters. The summed E-state index contributed by atoms with van der Waals surface area (Å²) < 4.78 is 33.2. The molecule has 0 radical (unpaired) electrons. The molecule has 2 aromatic carbocycles. The van der Waals surface area contributed by atoms with Crippen LogP contribution in [0.5, 0.6) is 0 Å². The number of amides is 1. The number of fused-ring (bicyclic) bond motifs is 1. The van der Waals surface area contributed by atoms with Crippen LogP contribution < -0.4 is 5.32 Å². The number of hydrogen-bond acceptors (Lipinski definition) is 3. The minimum absolute atomic E-state index is 0.0481. The van der Waals surface area contributed by atoms with Crippen molar-refractivity contribution in [1.29, 1.82) is 5.26 Å². The third-order valence-electron chi connectivity index (χ3n) is 3.67. The summed E-state index contributed by atoms with van der Waals surface area (Å²) in [6, 6.07) is 8.47. The number of rotatable bonds is 1. The molecule has 0 aliphatic carbocycles. The Kier molecular flexibility index (Phi) is 3.29. The highest BCUT2D eigenvalue weighted by atomic mass is 19.1. The molecule has 0 spiro atoms. The maximum Gasteiger partial charge on any atom is 0.412 e. The minimum atomic E-state index is -1.03. The van der Waals surface area contributed by atoms with Crippen molar-refractivity contribution in [3.63, 3.8) is 0 Å². The summed E-state index contributed by atoms with van der Waals surface area (Å²) in [6.45, 7) is 3.28. The van der Waals surface area contributed by atoms with Crippen molar-refractivity contribution in [3.8, 4) is 17.2 Å². The first-order valence-corrected chi connectivity index (χ1v) is 6.85. The second kappa shape index (κ2) is 5.06. The van der Waals surface area contributed by atoms with Gasteiger partial charge >= 0.3 is 6.09 Å². The van der Waals surface area contributed by atoms with Crippen molar-refractivity contribution in [2.24, 2.45) is 0 Å². The first-order chi connectivity index (χ1) is 10.8. The van der Waals surface area contributed by atoms with Gasteiger partial charge in [-0.25, -0.2) is 13.6 Å². The second-order valence-corrected chi connectivity index (χ2v) is 5.75. The Morgan fingerprint density at radius 2 is 1.83 bits per heavy atom. The van der Waals surface area contributed by atoms with Gasteiger partial charge in [-0.2, -0.15) is 5.26 Å². The van der Waals surface area contributed by atoms with Gasteiger partial charge in [0, 0.05) is 5.56 Å². The van der Waals surface area contributed by atoms with Crippen LogP contribution in [0.4, 0.5) is 19.3 Å². The zero-order chi connectivity index (χ0) is 16.8. The van der Waals surface area contributed by atoms with E-state index in [0.717, 1.165) is 6.07 Å². The molecule has 1 amide bonds. The van der Waals surface area contributed by atoms with Crippen molar-refractivity contribution in [2.75, 3.05) is 5.32 Å². The van der Waals surface area contributed by atoms with E-state index in [4.69, 9.17) is 10.00 Å². The third-order valence-corrected chi connectivity index (χ3v) is 3.67. The number of hydrogen-bond donors (Lipinski definition) is 1. The summed E-state index contributed by atoms with van der Waals surface area (Å²) in [5.41, 5.74) is 0.365. The molecule has 1 aliphatic heterocycles. The molecule has 0 saturated heterocycles. The highest BCUT2D eigenvalue weighted by Gasteiger charge is 2.35. The molecule has 116 valence electrons. The molecular formula is C17H12F2N2O2. The van der Waals surface area contributed by atoms with Crippen molar-refractivity contribution < 1.29 is 18.3 Å². The molecule has 6 heteroatoms. The topological polar surface area (TPSA) is 62.1 Å². The van der Waals surface area contributed by atoms with E-state index in [1.54, 1.807) is 19.9 Å². The highest BCUT2D eigenvalue weighted by Crippen LogP contribution is 2.40. The van der Waals surface area contributed by atoms with E-state index in [9.17, 15) is 13.6 Å². The maximum atomic E-state index is 14.4. The van der Waals surface area contributed by atoms with Gasteiger partial charge in [-0.3, -0.25) is 5.32 Å². The van der Waals surface area contributed by atoms with Gasteiger partial charge in [0.25, 0.3) is 0 Å². The average molecular weight is 314 g/mol. The van der Waals surface area contributed by atoms with Crippen LogP contribution in [0.25, 0.3) is 11.1 Å². The molecule has 2 aromatic rings. The number of carbonyl (C=O) groups is 1. The summed E-state index contributed by atoms with van der Waals surface area (Å²) in [5.74, 6) is -1.23. The fourth-order valence-corrected chi connectivity index (χ4v) is 2.61. The molecule has 1 heterocycles. The van der Waals surface area contributed by atoms with Crippen LogP contribution in [0.15, 0.2) is 30.3 Å². The Hall–Kier alpha value is -2.94. The van der Waals surface area contributed by atoms with E-state index in [-0.39, 0.29) is 11.3 Å². The first-order valence-electron chi connectivity index (χ1n) is 6.85. The lowest BCUT2D eigenvalue weighted by Gasteiger charge is -2.33. The van der Waals surface area contributed by atoms with Gasteiger partial charge in [-0.1, -0.05) is 0 Å². The van der Waals surface area contributed by atoms with Crippen molar-refractivity contribution >= 4 is 11.8 Å². The predicted octanol–water partition coefficient (Wildman–Crippen LogP) is 4.30. The first kappa shape index (κ1) is 15.0. The highest BCUT2D eigenvalue weighted by molar-refractivity contribution is 5.90. The zero-order valence-corrected chi connectivity index (χ0v) is 12.4. The lowest BCUT2D eigenvalue weighted by atomic mass is 9.90. The van der Waals surface area contributed by atoms with E-state index in [2.05, 4.69) is 5.32 Å². The second-order valence-electron chi connectivity index (χ2n) is 5.75. The number of anilines is 1. The molecular weight excluding hydrogens is 302 g/mol. The standard InChI is InChI=1S/C17H12F2N2O2/c1-17(2)13-6-11(7-14(19)15(13)21-16(22)23-17)10-3-9(8-20)4-12(18)5-10/h3-7H,1-2H3,(H,21,22). The Labute approximate surface area is 131 Å². The maximum absolute atomic E-state index is 14.4. The van der Waals surface area contributed by atoms with Crippen molar-refractivity contribution in [2.45, 2.75) is 19.4 Å². The van der Waals surface area contributed by atoms with Gasteiger partial charge in [0.2, 0.25) is 0 Å². The Balaban J connectivity index is 2.21. The van der Waals surface area contributed by atoms with Gasteiger partial charge in [-0.05, 0) is 55.3 Å². The molecule has 0 aromatic heterocycles. The summed E-state index contributed by atoms with van der Waals surface area (Å²) in [6.07, 6.45) is -0.730. The normalized spacial score (nSPS) is 15.2. The van der Waals surface area contributed by atoms with E-state index in [1.807, 2.05) is 6.07 Å². The van der Waals surface area contributed by atoms with Gasteiger partial charge in [-0.15, -0.1) is 0 Å². The molecule has 0 fully saturated rings. The Morgan fingerprint density at radius 1 is 1.13 bits per heavy atom. The number of benzene rings is 2. The van der Waals surface area contributed by atoms with Crippen LogP contribution in [-0.4, -0.2) is 6.09 Å². The molecule has 0 saturated carbocycles. The van der Waals surface area contributed by atoms with Crippen molar-refractivity contribution in [3.05, 3.63) is 53.1 Å². The van der Waals surface area contributed by atoms with Gasteiger partial charge in [0.1, 0.15) is 17.2 Å². The number of carbonyl (C=O) groups excluding carboxylic acids is 1. The number of nitrogens with one attached hydrogen (secondary N) is 1. The quantitative estimate of drug-likeness (QED) is 0.853. The van der Waals surface area contributed by atoms with E-state index in [1.165, 1.54) is 18.2 Å². The van der Waals surface area contributed by atoms with Crippen LogP contribution >= 0.6 is 0 Å². The number of halogens is 2. The fourth-order valence-electron chi connectivity index (χ4n) is 2.61. The summed E-state index contributed by atoms with van der Waals surface area (Å²) >= 11 is 0. The SMILES string of the molecule is CC1(C)OC(=O)Nc2c(F)cc(-c3cc(F)cc(C#N)c3)cc21. The van der Waals surface area contributed by atoms with E-state index < -0.39 is 23.3 Å². The summed E-state index contributed by atoms with van der Waals surface area (Å²) in [5, 5.41) is 11.3. The van der Waals surface area contributed by atoms with Gasteiger partial charge < -0.3 is 4.74 Å². The largest absolute Gasteiger partial charge is 0.438 e. The third kappa shape index (κ3) is 2.61. The van der Waals surface area contributed by atoms with E-state index in [0.29, 0.717) is 16.7 Å². The molecule has 1 N–H and O–H groups in total. The molecule has 4 nitrogen and oxygen atoms in total. The number of nitriles is 1. The van der Waals surface area contributed by atoms with Crippen LogP contribution in [0.1, 0.15) is 25.0 Å². The summed E-state index contributed by atoms with van der Waals surface area (Å²) in [7, 11) is 0. The number of nitrogens with zero attached hydrogens (tertiary/aromatic N) is 1. The zero-order valence-electron chi connectivity index (χ0n) is 12.4. The molecule has 1 aliphatic rings. The van der Waals surface area contributed by atoms with Crippen LogP contribution in [0.2, 0.25) is 0 Å². The number of cyclic esters (lactones) is 1. The fraction of sp³-hybridized carbons (Fsp3) is 0.176. The molecule has 23 heavy (non-hydrogen) atoms. The monoisotopic (exact) mass is 314 g/mol. The summed E-state index contributed by atoms with van der Waals surface area (Å²) in [4.78, 5) is 11.5. The Morgan fingerprint density at radius 3 is 2.52 bits per heavy atom. The van der Waals surface area contributed by atoms with Gasteiger partial charge in [0.15, 0.2) is 0 Å². The predicted molar refractivity (Wildman–Crippen MR) is 79.6 cm³/mol. The lowest BCUT2D eigenvalue weighted by molar-refractivity contribution is 0.0416. The van der Waals surface area contributed by atoms with Gasteiger partial charge in [0.05, 0.1) is 17.3 Å². The van der Waals surface area contributed by atoms with Crippen LogP contribution in [0.3, 0.4) is 0 Å². The van der Waals surface area contributed by atoms with Crippen LogP contribution in [0, 0.1) is 23.0 Å². The number of ether oxygens (including phenoxy) is 1. The average Bonchev–Trinajstić information content (AvgIpc) is 2.46. The minimum Gasteiger partial charge on any atom is -0.438 e. The van der Waals surface area contributed by atoms with E-state index >= 15 is 0 Å². The Bertz CT molecular complexity index is 870. The molecule has 0 atom stereocenters. The van der Waals surface area contributed by atoms with Crippen LogP contribution in [-0.2, 0) is 10.3 Å². The lowest BCUT2D eigenvalue weighted by Crippen LogP contribution is -2.35. The molecule has 0 bridgehead atoms. The smallest absolute Gasteiger partial charge is 0.412 e. The molecule has 3 rings (SSSR count).